The van der Waals surface area contributed by atoms with E-state index in [-0.39, 0.29) is 5.69 Å². The van der Waals surface area contributed by atoms with Crippen molar-refractivity contribution in [3.63, 3.8) is 0 Å². The van der Waals surface area contributed by atoms with Crippen molar-refractivity contribution in [1.82, 2.24) is 10.4 Å². The van der Waals surface area contributed by atoms with Crippen molar-refractivity contribution in [3.05, 3.63) is 59.4 Å². The minimum Gasteiger partial charge on any atom is -0.497 e. The van der Waals surface area contributed by atoms with Crippen LogP contribution in [0.15, 0.2) is 42.5 Å². The van der Waals surface area contributed by atoms with Gasteiger partial charge in [0, 0.05) is 0 Å². The van der Waals surface area contributed by atoms with E-state index >= 15 is 0 Å². The first kappa shape index (κ1) is 15.0. The number of hydrogen-bond donors (Lipinski definition) is 2. The molecule has 6 nitrogen and oxygen atoms in total. The fourth-order valence-electron chi connectivity index (χ4n) is 1.80. The predicted molar refractivity (Wildman–Crippen MR) is 77.4 cm³/mol. The van der Waals surface area contributed by atoms with Crippen LogP contribution in [0.3, 0.4) is 0 Å². The molecule has 2 rings (SSSR count). The van der Waals surface area contributed by atoms with Crippen molar-refractivity contribution in [2.75, 3.05) is 7.11 Å². The van der Waals surface area contributed by atoms with Crippen molar-refractivity contribution in [3.8, 4) is 5.75 Å². The molecule has 1 aromatic carbocycles. The third-order valence-corrected chi connectivity index (χ3v) is 2.82. The number of nitrogens with two attached hydrogens (primary N) is 1. The molecule has 3 N–H and O–H groups in total. The highest BCUT2D eigenvalue weighted by Crippen LogP contribution is 2.13. The van der Waals surface area contributed by atoms with Crippen LogP contribution in [0, 0.1) is 0 Å². The second-order valence-electron chi connectivity index (χ2n) is 4.33. The van der Waals surface area contributed by atoms with Gasteiger partial charge in [-0.25, -0.2) is 10.8 Å². The van der Waals surface area contributed by atoms with E-state index in [0.717, 1.165) is 11.3 Å². The van der Waals surface area contributed by atoms with Crippen molar-refractivity contribution in [2.24, 2.45) is 5.84 Å². The maximum Gasteiger partial charge on any atom is 0.283 e. The largest absolute Gasteiger partial charge is 0.497 e. The van der Waals surface area contributed by atoms with Crippen LogP contribution in [0.4, 0.5) is 0 Å². The molecule has 0 spiro atoms. The minimum absolute atomic E-state index is 0.264. The Morgan fingerprint density at radius 2 is 2.05 bits per heavy atom. The molecule has 0 atom stereocenters. The van der Waals surface area contributed by atoms with Gasteiger partial charge in [0.1, 0.15) is 11.4 Å². The number of methoxy groups -OCH3 is 1. The van der Waals surface area contributed by atoms with Crippen molar-refractivity contribution in [2.45, 2.75) is 13.2 Å². The van der Waals surface area contributed by atoms with E-state index in [4.69, 9.17) is 15.3 Å². The molecule has 0 radical (unpaired) electrons. The van der Waals surface area contributed by atoms with Gasteiger partial charge in [-0.3, -0.25) is 10.2 Å². The minimum atomic E-state index is -0.426. The predicted octanol–water partition coefficient (Wildman–Crippen LogP) is 1.41. The maximum atomic E-state index is 11.4. The molecule has 0 saturated heterocycles. The monoisotopic (exact) mass is 287 g/mol. The zero-order valence-corrected chi connectivity index (χ0v) is 11.7. The second-order valence-corrected chi connectivity index (χ2v) is 4.33. The summed E-state index contributed by atoms with van der Waals surface area (Å²) in [6.07, 6.45) is 0. The molecule has 1 amide bonds. The number of hydrogen-bond acceptors (Lipinski definition) is 5. The zero-order valence-electron chi connectivity index (χ0n) is 11.7. The Kier molecular flexibility index (Phi) is 5.25. The van der Waals surface area contributed by atoms with E-state index in [0.29, 0.717) is 18.9 Å². The van der Waals surface area contributed by atoms with Gasteiger partial charge in [0.05, 0.1) is 26.0 Å². The van der Waals surface area contributed by atoms with Crippen molar-refractivity contribution < 1.29 is 14.3 Å². The van der Waals surface area contributed by atoms with Gasteiger partial charge in [-0.15, -0.1) is 0 Å². The summed E-state index contributed by atoms with van der Waals surface area (Å²) >= 11 is 0. The van der Waals surface area contributed by atoms with Gasteiger partial charge in [0.2, 0.25) is 0 Å². The molecular formula is C15H17N3O3. The highest BCUT2D eigenvalue weighted by molar-refractivity contribution is 5.91. The lowest BCUT2D eigenvalue weighted by Crippen LogP contribution is -2.30. The lowest BCUT2D eigenvalue weighted by molar-refractivity contribution is 0.0941. The Hall–Kier alpha value is -2.44. The molecule has 0 aliphatic heterocycles. The number of aromatic nitrogens is 1. The third-order valence-electron chi connectivity index (χ3n) is 2.82. The first-order valence-electron chi connectivity index (χ1n) is 6.40. The highest BCUT2D eigenvalue weighted by atomic mass is 16.5. The summed E-state index contributed by atoms with van der Waals surface area (Å²) in [6.45, 7) is 0.745. The quantitative estimate of drug-likeness (QED) is 0.476. The fourth-order valence-corrected chi connectivity index (χ4v) is 1.80. The van der Waals surface area contributed by atoms with E-state index < -0.39 is 5.91 Å². The Balaban J connectivity index is 1.92. The molecule has 6 heteroatoms. The van der Waals surface area contributed by atoms with Crippen LogP contribution in [0.25, 0.3) is 0 Å². The van der Waals surface area contributed by atoms with Gasteiger partial charge >= 0.3 is 0 Å². The number of nitrogen functional groups attached to an aromatic ring is 1. The Bertz CT molecular complexity index is 617. The molecule has 0 unspecified atom stereocenters. The summed E-state index contributed by atoms with van der Waals surface area (Å²) in [5, 5.41) is 0. The molecule has 0 aliphatic rings. The SMILES string of the molecule is COc1cccc(COCc2cccc(C(=O)NN)n2)c1. The Morgan fingerprint density at radius 3 is 2.81 bits per heavy atom. The number of benzene rings is 1. The number of carbonyl (C=O) groups excluding carboxylic acids is 1. The smallest absolute Gasteiger partial charge is 0.283 e. The summed E-state index contributed by atoms with van der Waals surface area (Å²) < 4.78 is 10.7. The summed E-state index contributed by atoms with van der Waals surface area (Å²) in [5.74, 6) is 5.44. The van der Waals surface area contributed by atoms with Crippen LogP contribution in [-0.2, 0) is 18.0 Å². The van der Waals surface area contributed by atoms with E-state index in [1.807, 2.05) is 29.7 Å². The number of rotatable bonds is 6. The number of nitrogens with zero attached hydrogens (tertiary/aromatic N) is 1. The van der Waals surface area contributed by atoms with Crippen molar-refractivity contribution >= 4 is 5.91 Å². The lowest BCUT2D eigenvalue weighted by Gasteiger charge is -2.07. The lowest BCUT2D eigenvalue weighted by atomic mass is 10.2. The normalized spacial score (nSPS) is 10.2. The molecule has 1 aromatic heterocycles. The first-order chi connectivity index (χ1) is 10.2. The van der Waals surface area contributed by atoms with E-state index in [1.165, 1.54) is 0 Å². The number of pyridine rings is 1. The van der Waals surface area contributed by atoms with Crippen LogP contribution in [0.2, 0.25) is 0 Å². The third kappa shape index (κ3) is 4.27. The molecule has 0 aliphatic carbocycles. The Labute approximate surface area is 122 Å². The van der Waals surface area contributed by atoms with Crippen molar-refractivity contribution in [1.29, 1.82) is 0 Å². The van der Waals surface area contributed by atoms with Gasteiger partial charge in [-0.05, 0) is 29.8 Å². The average Bonchev–Trinajstić information content (AvgIpc) is 2.54. The van der Waals surface area contributed by atoms with Crippen LogP contribution in [0.1, 0.15) is 21.7 Å². The van der Waals surface area contributed by atoms with E-state index in [9.17, 15) is 4.79 Å². The second kappa shape index (κ2) is 7.37. The molecule has 0 saturated carbocycles. The molecule has 2 aromatic rings. The van der Waals surface area contributed by atoms with Gasteiger partial charge in [-0.2, -0.15) is 0 Å². The van der Waals surface area contributed by atoms with Gasteiger partial charge in [0.25, 0.3) is 5.91 Å². The molecule has 0 fully saturated rings. The summed E-state index contributed by atoms with van der Waals surface area (Å²) in [4.78, 5) is 15.5. The fraction of sp³-hybridized carbons (Fsp3) is 0.200. The summed E-state index contributed by atoms with van der Waals surface area (Å²) in [6, 6.07) is 12.8. The number of hydrazine groups is 1. The van der Waals surface area contributed by atoms with Crippen LogP contribution in [0.5, 0.6) is 5.75 Å². The van der Waals surface area contributed by atoms with E-state index in [1.54, 1.807) is 25.3 Å². The number of ether oxygens (including phenoxy) is 2. The molecule has 110 valence electrons. The molecular weight excluding hydrogens is 270 g/mol. The topological polar surface area (TPSA) is 86.5 Å². The average molecular weight is 287 g/mol. The number of carbonyl (C=O) groups is 1. The number of nitrogens with one attached hydrogen (secondary N) is 1. The molecule has 1 heterocycles. The highest BCUT2D eigenvalue weighted by Gasteiger charge is 2.06. The molecule has 0 bridgehead atoms. The van der Waals surface area contributed by atoms with Gasteiger partial charge in [0.15, 0.2) is 0 Å². The number of amides is 1. The van der Waals surface area contributed by atoms with Crippen LogP contribution in [-0.4, -0.2) is 18.0 Å². The summed E-state index contributed by atoms with van der Waals surface area (Å²) in [7, 11) is 1.62. The summed E-state index contributed by atoms with van der Waals surface area (Å²) in [5.41, 5.74) is 3.98. The first-order valence-corrected chi connectivity index (χ1v) is 6.40. The van der Waals surface area contributed by atoms with Crippen LogP contribution < -0.4 is 16.0 Å². The van der Waals surface area contributed by atoms with Gasteiger partial charge < -0.3 is 9.47 Å². The molecule has 21 heavy (non-hydrogen) atoms. The van der Waals surface area contributed by atoms with E-state index in [2.05, 4.69) is 4.98 Å². The Morgan fingerprint density at radius 1 is 1.24 bits per heavy atom. The van der Waals surface area contributed by atoms with Gasteiger partial charge in [-0.1, -0.05) is 18.2 Å². The standard InChI is InChI=1S/C15H17N3O3/c1-20-13-6-2-4-11(8-13)9-21-10-12-5-3-7-14(17-12)15(19)18-16/h2-8H,9-10,16H2,1H3,(H,18,19). The zero-order chi connectivity index (χ0) is 15.1. The van der Waals surface area contributed by atoms with Crippen LogP contribution >= 0.6 is 0 Å². The maximum absolute atomic E-state index is 11.4.